The Morgan fingerprint density at radius 3 is 2.70 bits per heavy atom. The summed E-state index contributed by atoms with van der Waals surface area (Å²) in [4.78, 5) is 16.0. The van der Waals surface area contributed by atoms with Crippen molar-refractivity contribution in [1.82, 2.24) is 19.5 Å². The Morgan fingerprint density at radius 1 is 1.13 bits per heavy atom. The molecule has 0 N–H and O–H groups in total. The van der Waals surface area contributed by atoms with E-state index in [1.807, 2.05) is 36.7 Å². The van der Waals surface area contributed by atoms with Crippen LogP contribution in [0.2, 0.25) is 0 Å². The maximum Gasteiger partial charge on any atom is 0.147 e. The molecule has 3 heterocycles. The van der Waals surface area contributed by atoms with E-state index in [4.69, 9.17) is 4.98 Å². The number of rotatable bonds is 4. The number of benzene rings is 1. The second-order valence-corrected chi connectivity index (χ2v) is 6.58. The van der Waals surface area contributed by atoms with Crippen molar-refractivity contribution in [2.24, 2.45) is 5.92 Å². The molecule has 0 saturated carbocycles. The number of aromatic nitrogens is 4. The molecule has 0 radical (unpaired) electrons. The first-order valence-corrected chi connectivity index (χ1v) is 8.18. The van der Waals surface area contributed by atoms with Crippen molar-refractivity contribution < 1.29 is 0 Å². The molecule has 0 amide bonds. The number of hydrogen-bond acceptors (Lipinski definition) is 4. The molecule has 23 heavy (non-hydrogen) atoms. The van der Waals surface area contributed by atoms with E-state index in [1.54, 1.807) is 0 Å². The van der Waals surface area contributed by atoms with E-state index in [9.17, 15) is 0 Å². The number of fused-ring (bicyclic) bond motifs is 1. The number of para-hydroxylation sites is 2. The van der Waals surface area contributed by atoms with Crippen LogP contribution in [0.5, 0.6) is 0 Å². The molecular formula is C18H21N5. The fourth-order valence-electron chi connectivity index (χ4n) is 3.23. The van der Waals surface area contributed by atoms with Gasteiger partial charge in [-0.15, -0.1) is 0 Å². The van der Waals surface area contributed by atoms with E-state index in [0.29, 0.717) is 11.8 Å². The SMILES string of the molecule is CC(C)c1nccn1CC1CN(c2cnc3ccccc3n2)C1. The van der Waals surface area contributed by atoms with Gasteiger partial charge in [-0.05, 0) is 12.1 Å². The molecule has 0 atom stereocenters. The molecule has 1 aliphatic rings. The maximum atomic E-state index is 4.72. The van der Waals surface area contributed by atoms with E-state index in [1.165, 1.54) is 5.82 Å². The van der Waals surface area contributed by atoms with Crippen LogP contribution >= 0.6 is 0 Å². The summed E-state index contributed by atoms with van der Waals surface area (Å²) in [5.41, 5.74) is 1.92. The largest absolute Gasteiger partial charge is 0.354 e. The highest BCUT2D eigenvalue weighted by atomic mass is 15.3. The van der Waals surface area contributed by atoms with Crippen LogP contribution in [0.3, 0.4) is 0 Å². The highest BCUT2D eigenvalue weighted by molar-refractivity contribution is 5.75. The first-order valence-electron chi connectivity index (χ1n) is 8.18. The molecular weight excluding hydrogens is 286 g/mol. The van der Waals surface area contributed by atoms with E-state index >= 15 is 0 Å². The Morgan fingerprint density at radius 2 is 1.91 bits per heavy atom. The van der Waals surface area contributed by atoms with Gasteiger partial charge in [0, 0.05) is 43.9 Å². The molecule has 4 rings (SSSR count). The normalized spacial score (nSPS) is 15.3. The number of hydrogen-bond donors (Lipinski definition) is 0. The van der Waals surface area contributed by atoms with Gasteiger partial charge in [-0.1, -0.05) is 26.0 Å². The molecule has 1 fully saturated rings. The van der Waals surface area contributed by atoms with E-state index in [-0.39, 0.29) is 0 Å². The minimum absolute atomic E-state index is 0.465. The Balaban J connectivity index is 1.43. The summed E-state index contributed by atoms with van der Waals surface area (Å²) in [6.07, 6.45) is 5.88. The zero-order chi connectivity index (χ0) is 15.8. The summed E-state index contributed by atoms with van der Waals surface area (Å²) in [5.74, 6) is 3.27. The second-order valence-electron chi connectivity index (χ2n) is 6.58. The lowest BCUT2D eigenvalue weighted by molar-refractivity contribution is 0.349. The Bertz CT molecular complexity index is 817. The van der Waals surface area contributed by atoms with Crippen molar-refractivity contribution in [1.29, 1.82) is 0 Å². The molecule has 1 saturated heterocycles. The predicted molar refractivity (Wildman–Crippen MR) is 91.6 cm³/mol. The topological polar surface area (TPSA) is 46.8 Å². The number of nitrogens with zero attached hydrogens (tertiary/aromatic N) is 5. The van der Waals surface area contributed by atoms with Gasteiger partial charge in [0.15, 0.2) is 0 Å². The molecule has 0 aliphatic carbocycles. The standard InChI is InChI=1S/C18H21N5/c1-13(2)18-19-7-8-22(18)10-14-11-23(12-14)17-9-20-15-5-3-4-6-16(15)21-17/h3-9,13-14H,10-12H2,1-2H3. The predicted octanol–water partition coefficient (Wildman–Crippen LogP) is 3.09. The summed E-state index contributed by atoms with van der Waals surface area (Å²) in [6, 6.07) is 8.01. The zero-order valence-corrected chi connectivity index (χ0v) is 13.6. The van der Waals surface area contributed by atoms with Crippen LogP contribution in [0.25, 0.3) is 11.0 Å². The Kier molecular flexibility index (Phi) is 3.48. The third-order valence-corrected chi connectivity index (χ3v) is 4.44. The van der Waals surface area contributed by atoms with Crippen LogP contribution in [0.1, 0.15) is 25.6 Å². The Hall–Kier alpha value is -2.43. The van der Waals surface area contributed by atoms with E-state index < -0.39 is 0 Å². The smallest absolute Gasteiger partial charge is 0.147 e. The first kappa shape index (κ1) is 14.2. The lowest BCUT2D eigenvalue weighted by atomic mass is 10.00. The van der Waals surface area contributed by atoms with Crippen molar-refractivity contribution in [3.05, 3.63) is 48.7 Å². The van der Waals surface area contributed by atoms with Crippen molar-refractivity contribution in [2.75, 3.05) is 18.0 Å². The fraction of sp³-hybridized carbons (Fsp3) is 0.389. The van der Waals surface area contributed by atoms with Gasteiger partial charge < -0.3 is 9.47 Å². The average Bonchev–Trinajstić information content (AvgIpc) is 2.98. The molecule has 1 aliphatic heterocycles. The minimum Gasteiger partial charge on any atom is -0.354 e. The molecule has 2 aromatic heterocycles. The quantitative estimate of drug-likeness (QED) is 0.743. The van der Waals surface area contributed by atoms with Gasteiger partial charge in [0.2, 0.25) is 0 Å². The summed E-state index contributed by atoms with van der Waals surface area (Å²) in [5, 5.41) is 0. The molecule has 5 nitrogen and oxygen atoms in total. The summed E-state index contributed by atoms with van der Waals surface area (Å²) < 4.78 is 2.29. The van der Waals surface area contributed by atoms with Gasteiger partial charge in [0.25, 0.3) is 0 Å². The van der Waals surface area contributed by atoms with Crippen molar-refractivity contribution >= 4 is 16.9 Å². The number of anilines is 1. The molecule has 5 heteroatoms. The average molecular weight is 307 g/mol. The van der Waals surface area contributed by atoms with Crippen LogP contribution in [-0.2, 0) is 6.54 Å². The zero-order valence-electron chi connectivity index (χ0n) is 13.6. The lowest BCUT2D eigenvalue weighted by Gasteiger charge is -2.40. The monoisotopic (exact) mass is 307 g/mol. The van der Waals surface area contributed by atoms with Crippen LogP contribution in [0, 0.1) is 5.92 Å². The van der Waals surface area contributed by atoms with Crippen molar-refractivity contribution in [3.8, 4) is 0 Å². The van der Waals surface area contributed by atoms with Crippen LogP contribution in [0.4, 0.5) is 5.82 Å². The van der Waals surface area contributed by atoms with Gasteiger partial charge in [0.05, 0.1) is 17.2 Å². The van der Waals surface area contributed by atoms with Gasteiger partial charge in [-0.25, -0.2) is 9.97 Å². The van der Waals surface area contributed by atoms with Crippen LogP contribution in [0.15, 0.2) is 42.9 Å². The molecule has 0 unspecified atom stereocenters. The molecule has 3 aromatic rings. The third kappa shape index (κ3) is 2.67. The highest BCUT2D eigenvalue weighted by Gasteiger charge is 2.29. The second kappa shape index (κ2) is 5.65. The highest BCUT2D eigenvalue weighted by Crippen LogP contribution is 2.26. The summed E-state index contributed by atoms with van der Waals surface area (Å²) in [7, 11) is 0. The van der Waals surface area contributed by atoms with Gasteiger partial charge in [-0.2, -0.15) is 0 Å². The molecule has 118 valence electrons. The summed E-state index contributed by atoms with van der Waals surface area (Å²) >= 11 is 0. The van der Waals surface area contributed by atoms with E-state index in [0.717, 1.165) is 36.5 Å². The van der Waals surface area contributed by atoms with Crippen LogP contribution in [-0.4, -0.2) is 32.6 Å². The van der Waals surface area contributed by atoms with Gasteiger partial charge in [-0.3, -0.25) is 4.98 Å². The summed E-state index contributed by atoms with van der Waals surface area (Å²) in [6.45, 7) is 7.48. The number of imidazole rings is 1. The van der Waals surface area contributed by atoms with Gasteiger partial charge >= 0.3 is 0 Å². The fourth-order valence-corrected chi connectivity index (χ4v) is 3.23. The van der Waals surface area contributed by atoms with Crippen molar-refractivity contribution in [3.63, 3.8) is 0 Å². The minimum atomic E-state index is 0.465. The lowest BCUT2D eigenvalue weighted by Crippen LogP contribution is -2.49. The molecule has 1 aromatic carbocycles. The Labute approximate surface area is 136 Å². The third-order valence-electron chi connectivity index (χ3n) is 4.44. The maximum absolute atomic E-state index is 4.72. The first-order chi connectivity index (χ1) is 11.2. The van der Waals surface area contributed by atoms with Gasteiger partial charge in [0.1, 0.15) is 11.6 Å². The molecule has 0 spiro atoms. The molecule has 0 bridgehead atoms. The van der Waals surface area contributed by atoms with Crippen molar-refractivity contribution in [2.45, 2.75) is 26.3 Å². The van der Waals surface area contributed by atoms with Crippen LogP contribution < -0.4 is 4.90 Å². The van der Waals surface area contributed by atoms with E-state index in [2.05, 4.69) is 39.5 Å².